The maximum atomic E-state index is 5.03. The molecule has 0 aromatic heterocycles. The standard InChI is InChI=1S/C8H19NO.C2H6/c1-4-6-9-8(5-2)7-10-3;1-2/h8-9H,4-7H2,1-3H3;1-2H3. The van der Waals surface area contributed by atoms with E-state index in [4.69, 9.17) is 4.74 Å². The second kappa shape index (κ2) is 13.5. The fourth-order valence-corrected chi connectivity index (χ4v) is 0.871. The minimum absolute atomic E-state index is 0.546. The molecule has 0 aliphatic rings. The van der Waals surface area contributed by atoms with Gasteiger partial charge in [0.2, 0.25) is 0 Å². The van der Waals surface area contributed by atoms with Crippen molar-refractivity contribution in [1.82, 2.24) is 5.32 Å². The van der Waals surface area contributed by atoms with Crippen LogP contribution in [0.15, 0.2) is 0 Å². The Morgan fingerprint density at radius 2 is 1.83 bits per heavy atom. The minimum atomic E-state index is 0.546. The van der Waals surface area contributed by atoms with E-state index in [1.807, 2.05) is 13.8 Å². The molecule has 0 aromatic carbocycles. The quantitative estimate of drug-likeness (QED) is 0.669. The lowest BCUT2D eigenvalue weighted by atomic mass is 10.2. The Morgan fingerprint density at radius 3 is 2.17 bits per heavy atom. The van der Waals surface area contributed by atoms with Crippen LogP contribution < -0.4 is 5.32 Å². The Hall–Kier alpha value is -0.0800. The molecule has 2 heteroatoms. The summed E-state index contributed by atoms with van der Waals surface area (Å²) in [6, 6.07) is 0.546. The molecule has 0 fully saturated rings. The third-order valence-corrected chi connectivity index (χ3v) is 1.54. The molecule has 0 radical (unpaired) electrons. The van der Waals surface area contributed by atoms with Crippen LogP contribution >= 0.6 is 0 Å². The first-order valence-corrected chi connectivity index (χ1v) is 5.07. The van der Waals surface area contributed by atoms with Gasteiger partial charge in [0.05, 0.1) is 6.61 Å². The highest BCUT2D eigenvalue weighted by Crippen LogP contribution is 1.90. The van der Waals surface area contributed by atoms with Crippen LogP contribution in [0.2, 0.25) is 0 Å². The molecule has 2 nitrogen and oxygen atoms in total. The summed E-state index contributed by atoms with van der Waals surface area (Å²) < 4.78 is 5.03. The molecule has 0 aliphatic carbocycles. The van der Waals surface area contributed by atoms with Crippen molar-refractivity contribution >= 4 is 0 Å². The highest BCUT2D eigenvalue weighted by atomic mass is 16.5. The highest BCUT2D eigenvalue weighted by molar-refractivity contribution is 4.62. The number of hydrogen-bond donors (Lipinski definition) is 1. The van der Waals surface area contributed by atoms with E-state index in [1.165, 1.54) is 6.42 Å². The van der Waals surface area contributed by atoms with Gasteiger partial charge in [-0.2, -0.15) is 0 Å². The van der Waals surface area contributed by atoms with E-state index in [-0.39, 0.29) is 0 Å². The fraction of sp³-hybridized carbons (Fsp3) is 1.00. The maximum Gasteiger partial charge on any atom is 0.0615 e. The Morgan fingerprint density at radius 1 is 1.25 bits per heavy atom. The number of nitrogens with one attached hydrogen (secondary N) is 1. The fourth-order valence-electron chi connectivity index (χ4n) is 0.871. The van der Waals surface area contributed by atoms with Crippen molar-refractivity contribution in [1.29, 1.82) is 0 Å². The van der Waals surface area contributed by atoms with E-state index in [0.717, 1.165) is 19.6 Å². The van der Waals surface area contributed by atoms with Crippen LogP contribution in [0, 0.1) is 0 Å². The normalized spacial score (nSPS) is 11.8. The highest BCUT2D eigenvalue weighted by Gasteiger charge is 2.01. The van der Waals surface area contributed by atoms with E-state index < -0.39 is 0 Å². The summed E-state index contributed by atoms with van der Waals surface area (Å²) in [4.78, 5) is 0. The van der Waals surface area contributed by atoms with E-state index in [2.05, 4.69) is 19.2 Å². The summed E-state index contributed by atoms with van der Waals surface area (Å²) in [5.74, 6) is 0. The molecule has 0 rings (SSSR count). The average Bonchev–Trinajstić information content (AvgIpc) is 2.15. The average molecular weight is 175 g/mol. The van der Waals surface area contributed by atoms with Crippen LogP contribution in [-0.2, 0) is 4.74 Å². The molecule has 1 atom stereocenters. The van der Waals surface area contributed by atoms with Gasteiger partial charge in [0.15, 0.2) is 0 Å². The zero-order valence-corrected chi connectivity index (χ0v) is 9.31. The molecule has 0 spiro atoms. The third-order valence-electron chi connectivity index (χ3n) is 1.54. The van der Waals surface area contributed by atoms with Gasteiger partial charge in [-0.3, -0.25) is 0 Å². The van der Waals surface area contributed by atoms with Crippen molar-refractivity contribution in [3.8, 4) is 0 Å². The molecule has 0 aliphatic heterocycles. The van der Waals surface area contributed by atoms with Crippen molar-refractivity contribution < 1.29 is 4.74 Å². The third kappa shape index (κ3) is 9.92. The van der Waals surface area contributed by atoms with E-state index in [0.29, 0.717) is 6.04 Å². The molecular weight excluding hydrogens is 150 g/mol. The Kier molecular flexibility index (Phi) is 16.3. The van der Waals surface area contributed by atoms with Gasteiger partial charge in [0.1, 0.15) is 0 Å². The predicted octanol–water partition coefficient (Wildman–Crippen LogP) is 2.44. The predicted molar refractivity (Wildman–Crippen MR) is 55.6 cm³/mol. The molecule has 0 heterocycles. The molecule has 0 bridgehead atoms. The van der Waals surface area contributed by atoms with Gasteiger partial charge in [0, 0.05) is 13.2 Å². The SMILES string of the molecule is CC.CCCNC(CC)COC. The molecular formula is C10H25NO. The summed E-state index contributed by atoms with van der Waals surface area (Å²) in [6.07, 6.45) is 2.34. The van der Waals surface area contributed by atoms with Crippen LogP contribution in [0.25, 0.3) is 0 Å². The first-order valence-electron chi connectivity index (χ1n) is 5.07. The number of ether oxygens (including phenoxy) is 1. The molecule has 0 saturated carbocycles. The number of rotatable bonds is 6. The maximum absolute atomic E-state index is 5.03. The van der Waals surface area contributed by atoms with Crippen molar-refractivity contribution in [3.05, 3.63) is 0 Å². The summed E-state index contributed by atoms with van der Waals surface area (Å²) in [5.41, 5.74) is 0. The van der Waals surface area contributed by atoms with Crippen LogP contribution in [0.1, 0.15) is 40.5 Å². The minimum Gasteiger partial charge on any atom is -0.383 e. The summed E-state index contributed by atoms with van der Waals surface area (Å²) in [5, 5.41) is 3.40. The van der Waals surface area contributed by atoms with Crippen molar-refractivity contribution in [3.63, 3.8) is 0 Å². The summed E-state index contributed by atoms with van der Waals surface area (Å²) in [6.45, 7) is 10.3. The number of hydrogen-bond acceptors (Lipinski definition) is 2. The van der Waals surface area contributed by atoms with Crippen LogP contribution in [0.3, 0.4) is 0 Å². The van der Waals surface area contributed by atoms with E-state index >= 15 is 0 Å². The summed E-state index contributed by atoms with van der Waals surface area (Å²) >= 11 is 0. The molecule has 76 valence electrons. The monoisotopic (exact) mass is 175 g/mol. The molecule has 0 aromatic rings. The smallest absolute Gasteiger partial charge is 0.0615 e. The second-order valence-corrected chi connectivity index (χ2v) is 2.51. The first kappa shape index (κ1) is 14.4. The van der Waals surface area contributed by atoms with Crippen molar-refractivity contribution in [2.45, 2.75) is 46.6 Å². The van der Waals surface area contributed by atoms with Crippen LogP contribution in [0.4, 0.5) is 0 Å². The first-order chi connectivity index (χ1) is 5.85. The van der Waals surface area contributed by atoms with Crippen molar-refractivity contribution in [2.24, 2.45) is 0 Å². The number of methoxy groups -OCH3 is 1. The lowest BCUT2D eigenvalue weighted by molar-refractivity contribution is 0.164. The molecule has 12 heavy (non-hydrogen) atoms. The zero-order chi connectivity index (χ0) is 9.82. The van der Waals surface area contributed by atoms with Crippen LogP contribution in [-0.4, -0.2) is 26.3 Å². The zero-order valence-electron chi connectivity index (χ0n) is 9.31. The van der Waals surface area contributed by atoms with E-state index in [1.54, 1.807) is 7.11 Å². The van der Waals surface area contributed by atoms with Gasteiger partial charge >= 0.3 is 0 Å². The van der Waals surface area contributed by atoms with Gasteiger partial charge in [-0.1, -0.05) is 27.7 Å². The van der Waals surface area contributed by atoms with Gasteiger partial charge in [0.25, 0.3) is 0 Å². The van der Waals surface area contributed by atoms with Gasteiger partial charge in [-0.05, 0) is 19.4 Å². The Bertz CT molecular complexity index is 66.9. The molecule has 1 N–H and O–H groups in total. The van der Waals surface area contributed by atoms with E-state index in [9.17, 15) is 0 Å². The van der Waals surface area contributed by atoms with Crippen LogP contribution in [0.5, 0.6) is 0 Å². The topological polar surface area (TPSA) is 21.3 Å². The van der Waals surface area contributed by atoms with Crippen molar-refractivity contribution in [2.75, 3.05) is 20.3 Å². The summed E-state index contributed by atoms with van der Waals surface area (Å²) in [7, 11) is 1.75. The molecule has 0 amide bonds. The molecule has 1 unspecified atom stereocenters. The Labute approximate surface area is 77.7 Å². The molecule has 0 saturated heterocycles. The lowest BCUT2D eigenvalue weighted by Crippen LogP contribution is -2.32. The van der Waals surface area contributed by atoms with Gasteiger partial charge in [-0.25, -0.2) is 0 Å². The lowest BCUT2D eigenvalue weighted by Gasteiger charge is -2.14. The van der Waals surface area contributed by atoms with Gasteiger partial charge < -0.3 is 10.1 Å². The Balaban J connectivity index is 0. The largest absolute Gasteiger partial charge is 0.383 e. The second-order valence-electron chi connectivity index (χ2n) is 2.51. The van der Waals surface area contributed by atoms with Gasteiger partial charge in [-0.15, -0.1) is 0 Å².